The number of pyridine rings is 1. The predicted molar refractivity (Wildman–Crippen MR) is 128 cm³/mol. The molecule has 1 aromatic heterocycles. The van der Waals surface area contributed by atoms with Crippen LogP contribution >= 0.6 is 0 Å². The van der Waals surface area contributed by atoms with Crippen molar-refractivity contribution in [3.8, 4) is 17.0 Å². The number of hydrogen-bond acceptors (Lipinski definition) is 4. The molecule has 6 heteroatoms. The van der Waals surface area contributed by atoms with Crippen molar-refractivity contribution in [2.24, 2.45) is 0 Å². The van der Waals surface area contributed by atoms with Crippen molar-refractivity contribution < 1.29 is 19.4 Å². The molecule has 1 atom stereocenters. The summed E-state index contributed by atoms with van der Waals surface area (Å²) in [6.07, 6.45) is 5.81. The number of aliphatic carboxylic acids is 1. The SMILES string of the molecule is CCCCCC(Oc1ccc(C(=O)NCCC(=O)O)cc1)c1ccc(-c2ccccc2)nc1. The zero-order valence-corrected chi connectivity index (χ0v) is 18.9. The molecule has 0 bridgehead atoms. The van der Waals surface area contributed by atoms with Gasteiger partial charge in [0.05, 0.1) is 12.1 Å². The summed E-state index contributed by atoms with van der Waals surface area (Å²) in [5.41, 5.74) is 3.47. The van der Waals surface area contributed by atoms with Gasteiger partial charge in [-0.05, 0) is 43.2 Å². The molecule has 0 fully saturated rings. The molecule has 3 rings (SSSR count). The van der Waals surface area contributed by atoms with Crippen LogP contribution in [0.1, 0.15) is 61.1 Å². The number of unbranched alkanes of at least 4 members (excludes halogenated alkanes) is 2. The summed E-state index contributed by atoms with van der Waals surface area (Å²) in [6.45, 7) is 2.27. The molecule has 3 aromatic rings. The summed E-state index contributed by atoms with van der Waals surface area (Å²) >= 11 is 0. The van der Waals surface area contributed by atoms with Crippen LogP contribution in [-0.4, -0.2) is 28.5 Å². The van der Waals surface area contributed by atoms with Gasteiger partial charge in [0.15, 0.2) is 0 Å². The summed E-state index contributed by atoms with van der Waals surface area (Å²) in [4.78, 5) is 27.4. The molecule has 6 nitrogen and oxygen atoms in total. The lowest BCUT2D eigenvalue weighted by Gasteiger charge is -2.20. The average Bonchev–Trinajstić information content (AvgIpc) is 2.84. The number of benzene rings is 2. The molecule has 0 aliphatic heterocycles. The first-order chi connectivity index (χ1) is 16.1. The molecule has 0 saturated carbocycles. The van der Waals surface area contributed by atoms with Gasteiger partial charge in [0.1, 0.15) is 11.9 Å². The Balaban J connectivity index is 1.68. The van der Waals surface area contributed by atoms with Crippen LogP contribution < -0.4 is 10.1 Å². The number of carboxylic acids is 1. The smallest absolute Gasteiger partial charge is 0.305 e. The van der Waals surface area contributed by atoms with E-state index in [9.17, 15) is 9.59 Å². The number of hydrogen-bond donors (Lipinski definition) is 2. The fourth-order valence-electron chi connectivity index (χ4n) is 3.48. The van der Waals surface area contributed by atoms with Gasteiger partial charge in [0, 0.05) is 29.4 Å². The molecule has 2 aromatic carbocycles. The first kappa shape index (κ1) is 24.0. The van der Waals surface area contributed by atoms with E-state index in [1.165, 1.54) is 0 Å². The van der Waals surface area contributed by atoms with Gasteiger partial charge in [0.2, 0.25) is 0 Å². The Labute approximate surface area is 194 Å². The molecule has 1 heterocycles. The van der Waals surface area contributed by atoms with E-state index >= 15 is 0 Å². The van der Waals surface area contributed by atoms with Gasteiger partial charge in [-0.2, -0.15) is 0 Å². The number of carbonyl (C=O) groups excluding carboxylic acids is 1. The van der Waals surface area contributed by atoms with Crippen molar-refractivity contribution in [3.63, 3.8) is 0 Å². The molecule has 172 valence electrons. The number of rotatable bonds is 12. The molecule has 0 aliphatic rings. The summed E-state index contributed by atoms with van der Waals surface area (Å²) in [6, 6.07) is 21.1. The number of amides is 1. The summed E-state index contributed by atoms with van der Waals surface area (Å²) in [5, 5.41) is 11.3. The highest BCUT2D eigenvalue weighted by atomic mass is 16.5. The van der Waals surface area contributed by atoms with Gasteiger partial charge in [-0.1, -0.05) is 56.2 Å². The number of nitrogens with zero attached hydrogens (tertiary/aromatic N) is 1. The van der Waals surface area contributed by atoms with Crippen LogP contribution in [-0.2, 0) is 4.79 Å². The monoisotopic (exact) mass is 446 g/mol. The molecular formula is C27H30N2O4. The molecule has 0 aliphatic carbocycles. The second-order valence-electron chi connectivity index (χ2n) is 7.87. The predicted octanol–water partition coefficient (Wildman–Crippen LogP) is 5.65. The first-order valence-corrected chi connectivity index (χ1v) is 11.3. The summed E-state index contributed by atoms with van der Waals surface area (Å²) in [5.74, 6) is -0.576. The van der Waals surface area contributed by atoms with Crippen LogP contribution in [0.2, 0.25) is 0 Å². The van der Waals surface area contributed by atoms with E-state index in [0.717, 1.165) is 42.5 Å². The van der Waals surface area contributed by atoms with E-state index in [1.807, 2.05) is 42.6 Å². The van der Waals surface area contributed by atoms with E-state index in [0.29, 0.717) is 11.3 Å². The van der Waals surface area contributed by atoms with Gasteiger partial charge >= 0.3 is 5.97 Å². The first-order valence-electron chi connectivity index (χ1n) is 11.3. The van der Waals surface area contributed by atoms with Crippen molar-refractivity contribution in [1.82, 2.24) is 10.3 Å². The third-order valence-corrected chi connectivity index (χ3v) is 5.32. The molecular weight excluding hydrogens is 416 g/mol. The molecule has 0 spiro atoms. The maximum absolute atomic E-state index is 12.2. The standard InChI is InChI=1S/C27H30N2O4/c1-2-3-5-10-25(22-13-16-24(29-19-22)20-8-6-4-7-9-20)33-23-14-11-21(12-15-23)27(32)28-18-17-26(30)31/h4,6-9,11-16,19,25H,2-3,5,10,17-18H2,1H3,(H,28,32)(H,30,31). The van der Waals surface area contributed by atoms with Gasteiger partial charge in [0.25, 0.3) is 5.91 Å². The Morgan fingerprint density at radius 2 is 1.76 bits per heavy atom. The third-order valence-electron chi connectivity index (χ3n) is 5.32. The third kappa shape index (κ3) is 7.45. The van der Waals surface area contributed by atoms with Crippen molar-refractivity contribution in [1.29, 1.82) is 0 Å². The van der Waals surface area contributed by atoms with Crippen molar-refractivity contribution in [2.45, 2.75) is 45.1 Å². The van der Waals surface area contributed by atoms with E-state index < -0.39 is 5.97 Å². The topological polar surface area (TPSA) is 88.5 Å². The van der Waals surface area contributed by atoms with Gasteiger partial charge < -0.3 is 15.2 Å². The lowest BCUT2D eigenvalue weighted by Crippen LogP contribution is -2.25. The summed E-state index contributed by atoms with van der Waals surface area (Å²) < 4.78 is 6.29. The second kappa shape index (κ2) is 12.4. The highest BCUT2D eigenvalue weighted by molar-refractivity contribution is 5.94. The van der Waals surface area contributed by atoms with Crippen LogP contribution in [0.3, 0.4) is 0 Å². The van der Waals surface area contributed by atoms with Crippen LogP contribution in [0.4, 0.5) is 0 Å². The number of aromatic nitrogens is 1. The maximum atomic E-state index is 12.2. The fourth-order valence-corrected chi connectivity index (χ4v) is 3.48. The second-order valence-corrected chi connectivity index (χ2v) is 7.87. The van der Waals surface area contributed by atoms with E-state index in [1.54, 1.807) is 24.3 Å². The highest BCUT2D eigenvalue weighted by Gasteiger charge is 2.15. The largest absolute Gasteiger partial charge is 0.486 e. The maximum Gasteiger partial charge on any atom is 0.305 e. The van der Waals surface area contributed by atoms with Crippen LogP contribution in [0.5, 0.6) is 5.75 Å². The minimum absolute atomic E-state index is 0.0951. The van der Waals surface area contributed by atoms with E-state index in [-0.39, 0.29) is 25.0 Å². The highest BCUT2D eigenvalue weighted by Crippen LogP contribution is 2.28. The minimum atomic E-state index is -0.945. The molecule has 33 heavy (non-hydrogen) atoms. The Hall–Kier alpha value is -3.67. The van der Waals surface area contributed by atoms with Crippen LogP contribution in [0.25, 0.3) is 11.3 Å². The Kier molecular flexibility index (Phi) is 9.00. The zero-order chi connectivity index (χ0) is 23.5. The molecule has 2 N–H and O–H groups in total. The normalized spacial score (nSPS) is 11.5. The van der Waals surface area contributed by atoms with Gasteiger partial charge in [-0.25, -0.2) is 0 Å². The van der Waals surface area contributed by atoms with Gasteiger partial charge in [-0.15, -0.1) is 0 Å². The van der Waals surface area contributed by atoms with Crippen LogP contribution in [0.15, 0.2) is 72.9 Å². The number of carboxylic acid groups (broad SMARTS) is 1. The van der Waals surface area contributed by atoms with E-state index in [4.69, 9.17) is 9.84 Å². The average molecular weight is 447 g/mol. The van der Waals surface area contributed by atoms with Crippen molar-refractivity contribution in [3.05, 3.63) is 84.1 Å². The summed E-state index contributed by atoms with van der Waals surface area (Å²) in [7, 11) is 0. The van der Waals surface area contributed by atoms with Crippen molar-refractivity contribution in [2.75, 3.05) is 6.54 Å². The zero-order valence-electron chi connectivity index (χ0n) is 18.9. The molecule has 0 saturated heterocycles. The number of ether oxygens (including phenoxy) is 1. The lowest BCUT2D eigenvalue weighted by atomic mass is 10.0. The molecule has 0 radical (unpaired) electrons. The number of carbonyl (C=O) groups is 2. The minimum Gasteiger partial charge on any atom is -0.486 e. The Morgan fingerprint density at radius 1 is 1.00 bits per heavy atom. The molecule has 1 amide bonds. The Morgan fingerprint density at radius 3 is 2.39 bits per heavy atom. The lowest BCUT2D eigenvalue weighted by molar-refractivity contribution is -0.136. The van der Waals surface area contributed by atoms with Crippen molar-refractivity contribution >= 4 is 11.9 Å². The fraction of sp³-hybridized carbons (Fsp3) is 0.296. The van der Waals surface area contributed by atoms with E-state index in [2.05, 4.69) is 23.3 Å². The quantitative estimate of drug-likeness (QED) is 0.351. The Bertz CT molecular complexity index is 1020. The number of nitrogens with one attached hydrogen (secondary N) is 1. The molecule has 1 unspecified atom stereocenters. The van der Waals surface area contributed by atoms with Crippen LogP contribution in [0, 0.1) is 0 Å². The van der Waals surface area contributed by atoms with Gasteiger partial charge in [-0.3, -0.25) is 14.6 Å².